The molecule has 0 aromatic carbocycles. The zero-order valence-corrected chi connectivity index (χ0v) is 7.58. The third-order valence-corrected chi connectivity index (χ3v) is 2.00. The first-order valence-corrected chi connectivity index (χ1v) is 4.58. The lowest BCUT2D eigenvalue weighted by atomic mass is 10.1. The van der Waals surface area contributed by atoms with Crippen molar-refractivity contribution in [1.82, 2.24) is 10.1 Å². The zero-order valence-electron chi connectivity index (χ0n) is 7.58. The van der Waals surface area contributed by atoms with Crippen LogP contribution in [0, 0.1) is 5.92 Å². The van der Waals surface area contributed by atoms with Gasteiger partial charge in [0.25, 0.3) is 0 Å². The molecule has 2 rings (SSSR count). The van der Waals surface area contributed by atoms with Crippen molar-refractivity contribution in [2.24, 2.45) is 5.92 Å². The van der Waals surface area contributed by atoms with Gasteiger partial charge >= 0.3 is 0 Å². The Balaban J connectivity index is 2.03. The average molecular weight is 166 g/mol. The molecule has 0 unspecified atom stereocenters. The van der Waals surface area contributed by atoms with Crippen LogP contribution in [0.1, 0.15) is 44.3 Å². The van der Waals surface area contributed by atoms with Crippen LogP contribution in [0.5, 0.6) is 0 Å². The molecule has 0 spiro atoms. The molecular weight excluding hydrogens is 152 g/mol. The highest BCUT2D eigenvalue weighted by Crippen LogP contribution is 2.38. The molecule has 12 heavy (non-hydrogen) atoms. The van der Waals surface area contributed by atoms with E-state index in [9.17, 15) is 0 Å². The number of aromatic nitrogens is 2. The Labute approximate surface area is 72.2 Å². The van der Waals surface area contributed by atoms with Crippen molar-refractivity contribution in [3.63, 3.8) is 0 Å². The number of hydrogen-bond donors (Lipinski definition) is 0. The molecule has 1 aliphatic carbocycles. The Morgan fingerprint density at radius 2 is 2.25 bits per heavy atom. The Kier molecular flexibility index (Phi) is 1.87. The fourth-order valence-corrected chi connectivity index (χ4v) is 1.21. The second-order valence-electron chi connectivity index (χ2n) is 3.92. The van der Waals surface area contributed by atoms with Gasteiger partial charge in [-0.05, 0) is 18.8 Å². The molecule has 0 saturated heterocycles. The van der Waals surface area contributed by atoms with Crippen LogP contribution in [0.2, 0.25) is 0 Å². The van der Waals surface area contributed by atoms with E-state index in [-0.39, 0.29) is 0 Å². The lowest BCUT2D eigenvalue weighted by Crippen LogP contribution is -1.95. The maximum atomic E-state index is 5.13. The average Bonchev–Trinajstić information content (AvgIpc) is 2.73. The van der Waals surface area contributed by atoms with E-state index in [0.29, 0.717) is 11.8 Å². The molecule has 1 aromatic heterocycles. The quantitative estimate of drug-likeness (QED) is 0.690. The first kappa shape index (κ1) is 7.77. The van der Waals surface area contributed by atoms with Crippen molar-refractivity contribution >= 4 is 0 Å². The molecule has 0 aliphatic heterocycles. The summed E-state index contributed by atoms with van der Waals surface area (Å²) in [6.07, 6.45) is 3.38. The third-order valence-electron chi connectivity index (χ3n) is 2.00. The SMILES string of the molecule is CC(C)Cc1noc(C2CC2)n1. The molecule has 0 bridgehead atoms. The van der Waals surface area contributed by atoms with Gasteiger partial charge in [-0.1, -0.05) is 19.0 Å². The lowest BCUT2D eigenvalue weighted by molar-refractivity contribution is 0.372. The van der Waals surface area contributed by atoms with Crippen molar-refractivity contribution in [1.29, 1.82) is 0 Å². The predicted octanol–water partition coefficient (Wildman–Crippen LogP) is 2.15. The van der Waals surface area contributed by atoms with Gasteiger partial charge in [0, 0.05) is 12.3 Å². The van der Waals surface area contributed by atoms with Crippen LogP contribution in [0.25, 0.3) is 0 Å². The Morgan fingerprint density at radius 3 is 2.83 bits per heavy atom. The highest BCUT2D eigenvalue weighted by molar-refractivity contribution is 5.01. The fourth-order valence-electron chi connectivity index (χ4n) is 1.21. The van der Waals surface area contributed by atoms with E-state index in [1.54, 1.807) is 0 Å². The molecule has 1 saturated carbocycles. The number of rotatable bonds is 3. The van der Waals surface area contributed by atoms with Gasteiger partial charge in [0.2, 0.25) is 5.89 Å². The largest absolute Gasteiger partial charge is 0.339 e. The van der Waals surface area contributed by atoms with Crippen LogP contribution in [0.15, 0.2) is 4.52 Å². The summed E-state index contributed by atoms with van der Waals surface area (Å²) in [4.78, 5) is 4.33. The smallest absolute Gasteiger partial charge is 0.229 e. The van der Waals surface area contributed by atoms with Gasteiger partial charge in [-0.2, -0.15) is 4.98 Å². The van der Waals surface area contributed by atoms with Crippen molar-refractivity contribution < 1.29 is 4.52 Å². The molecule has 0 N–H and O–H groups in total. The highest BCUT2D eigenvalue weighted by Gasteiger charge is 2.29. The van der Waals surface area contributed by atoms with E-state index in [1.165, 1.54) is 12.8 Å². The zero-order chi connectivity index (χ0) is 8.55. The molecule has 1 aromatic rings. The standard InChI is InChI=1S/C9H14N2O/c1-6(2)5-8-10-9(12-11-8)7-3-4-7/h6-7H,3-5H2,1-2H3. The van der Waals surface area contributed by atoms with Crippen molar-refractivity contribution in [2.75, 3.05) is 0 Å². The summed E-state index contributed by atoms with van der Waals surface area (Å²) in [5.74, 6) is 2.91. The summed E-state index contributed by atoms with van der Waals surface area (Å²) in [5, 5.41) is 3.93. The topological polar surface area (TPSA) is 38.9 Å². The lowest BCUT2D eigenvalue weighted by Gasteiger charge is -1.95. The minimum atomic E-state index is 0.582. The molecular formula is C9H14N2O. The maximum Gasteiger partial charge on any atom is 0.229 e. The second kappa shape index (κ2) is 2.88. The van der Waals surface area contributed by atoms with Gasteiger partial charge < -0.3 is 4.52 Å². The second-order valence-corrected chi connectivity index (χ2v) is 3.92. The van der Waals surface area contributed by atoms with E-state index < -0.39 is 0 Å². The number of nitrogens with zero attached hydrogens (tertiary/aromatic N) is 2. The Morgan fingerprint density at radius 1 is 1.50 bits per heavy atom. The van der Waals surface area contributed by atoms with E-state index in [0.717, 1.165) is 18.1 Å². The first-order chi connectivity index (χ1) is 5.75. The summed E-state index contributed by atoms with van der Waals surface area (Å²) in [7, 11) is 0. The number of hydrogen-bond acceptors (Lipinski definition) is 3. The van der Waals surface area contributed by atoms with E-state index in [1.807, 2.05) is 0 Å². The Hall–Kier alpha value is -0.860. The third kappa shape index (κ3) is 1.65. The molecule has 3 nitrogen and oxygen atoms in total. The Bertz CT molecular complexity index is 263. The molecule has 0 atom stereocenters. The van der Waals surface area contributed by atoms with Crippen LogP contribution < -0.4 is 0 Å². The van der Waals surface area contributed by atoms with Crippen LogP contribution in [0.3, 0.4) is 0 Å². The molecule has 1 aliphatic rings. The molecule has 0 radical (unpaired) electrons. The van der Waals surface area contributed by atoms with Crippen LogP contribution in [-0.4, -0.2) is 10.1 Å². The molecule has 66 valence electrons. The van der Waals surface area contributed by atoms with Gasteiger partial charge in [0.15, 0.2) is 5.82 Å². The monoisotopic (exact) mass is 166 g/mol. The minimum Gasteiger partial charge on any atom is -0.339 e. The van der Waals surface area contributed by atoms with Gasteiger partial charge in [-0.15, -0.1) is 0 Å². The van der Waals surface area contributed by atoms with Crippen molar-refractivity contribution in [3.8, 4) is 0 Å². The van der Waals surface area contributed by atoms with Gasteiger partial charge in [-0.25, -0.2) is 0 Å². The highest BCUT2D eigenvalue weighted by atomic mass is 16.5. The van der Waals surface area contributed by atoms with Crippen LogP contribution in [0.4, 0.5) is 0 Å². The van der Waals surface area contributed by atoms with Gasteiger partial charge in [-0.3, -0.25) is 0 Å². The van der Waals surface area contributed by atoms with Crippen LogP contribution in [-0.2, 0) is 6.42 Å². The van der Waals surface area contributed by atoms with Gasteiger partial charge in [0.1, 0.15) is 0 Å². The maximum absolute atomic E-state index is 5.13. The first-order valence-electron chi connectivity index (χ1n) is 4.58. The van der Waals surface area contributed by atoms with E-state index in [2.05, 4.69) is 24.0 Å². The van der Waals surface area contributed by atoms with Crippen molar-refractivity contribution in [2.45, 2.75) is 39.0 Å². The summed E-state index contributed by atoms with van der Waals surface area (Å²) >= 11 is 0. The molecule has 1 heterocycles. The van der Waals surface area contributed by atoms with Crippen LogP contribution >= 0.6 is 0 Å². The fraction of sp³-hybridized carbons (Fsp3) is 0.778. The summed E-state index contributed by atoms with van der Waals surface area (Å²) < 4.78 is 5.13. The molecule has 0 amide bonds. The van der Waals surface area contributed by atoms with Gasteiger partial charge in [0.05, 0.1) is 0 Å². The summed E-state index contributed by atoms with van der Waals surface area (Å²) in [6, 6.07) is 0. The summed E-state index contributed by atoms with van der Waals surface area (Å²) in [5.41, 5.74) is 0. The van der Waals surface area contributed by atoms with Crippen molar-refractivity contribution in [3.05, 3.63) is 11.7 Å². The van der Waals surface area contributed by atoms with E-state index in [4.69, 9.17) is 4.52 Å². The summed E-state index contributed by atoms with van der Waals surface area (Å²) in [6.45, 7) is 4.32. The normalized spacial score (nSPS) is 17.2. The molecule has 1 fully saturated rings. The molecule has 3 heteroatoms. The predicted molar refractivity (Wildman–Crippen MR) is 44.8 cm³/mol. The van der Waals surface area contributed by atoms with E-state index >= 15 is 0 Å². The minimum absolute atomic E-state index is 0.582.